The van der Waals surface area contributed by atoms with Gasteiger partial charge < -0.3 is 14.9 Å². The molecule has 0 saturated heterocycles. The van der Waals surface area contributed by atoms with E-state index in [-0.39, 0.29) is 24.2 Å². The van der Waals surface area contributed by atoms with Crippen molar-refractivity contribution < 1.29 is 14.4 Å². The van der Waals surface area contributed by atoms with Crippen LogP contribution in [0.25, 0.3) is 0 Å². The van der Waals surface area contributed by atoms with Gasteiger partial charge in [0, 0.05) is 6.07 Å². The minimum absolute atomic E-state index is 0.0694. The highest BCUT2D eigenvalue weighted by molar-refractivity contribution is 5.92. The van der Waals surface area contributed by atoms with Gasteiger partial charge in [0.05, 0.1) is 12.6 Å². The SMILES string of the molecule is CCC(CO)NC(=O)c1ccon1. The van der Waals surface area contributed by atoms with Crippen LogP contribution in [0.1, 0.15) is 23.8 Å². The van der Waals surface area contributed by atoms with Gasteiger partial charge in [-0.25, -0.2) is 0 Å². The van der Waals surface area contributed by atoms with E-state index < -0.39 is 0 Å². The molecule has 0 spiro atoms. The lowest BCUT2D eigenvalue weighted by atomic mass is 10.2. The van der Waals surface area contributed by atoms with Gasteiger partial charge in [-0.3, -0.25) is 4.79 Å². The van der Waals surface area contributed by atoms with Gasteiger partial charge in [0.15, 0.2) is 5.69 Å². The van der Waals surface area contributed by atoms with E-state index in [2.05, 4.69) is 15.0 Å². The zero-order chi connectivity index (χ0) is 9.68. The minimum Gasteiger partial charge on any atom is -0.394 e. The topological polar surface area (TPSA) is 75.4 Å². The number of hydrogen-bond acceptors (Lipinski definition) is 4. The van der Waals surface area contributed by atoms with Crippen LogP contribution in [0.4, 0.5) is 0 Å². The third kappa shape index (κ3) is 2.55. The summed E-state index contributed by atoms with van der Waals surface area (Å²) in [6.07, 6.45) is 2.01. The van der Waals surface area contributed by atoms with E-state index in [1.807, 2.05) is 6.92 Å². The van der Waals surface area contributed by atoms with Crippen LogP contribution in [-0.2, 0) is 0 Å². The van der Waals surface area contributed by atoms with Gasteiger partial charge >= 0.3 is 0 Å². The molecule has 5 heteroatoms. The average Bonchev–Trinajstić information content (AvgIpc) is 2.66. The second-order valence-electron chi connectivity index (χ2n) is 2.65. The molecule has 0 aliphatic rings. The van der Waals surface area contributed by atoms with Gasteiger partial charge in [-0.2, -0.15) is 0 Å². The molecule has 72 valence electrons. The fourth-order valence-electron chi connectivity index (χ4n) is 0.866. The Morgan fingerprint density at radius 3 is 3.08 bits per heavy atom. The molecular weight excluding hydrogens is 172 g/mol. The third-order valence-electron chi connectivity index (χ3n) is 1.72. The quantitative estimate of drug-likeness (QED) is 0.699. The molecule has 1 unspecified atom stereocenters. The number of amides is 1. The fourth-order valence-corrected chi connectivity index (χ4v) is 0.866. The van der Waals surface area contributed by atoms with Crippen LogP contribution >= 0.6 is 0 Å². The Hall–Kier alpha value is -1.36. The smallest absolute Gasteiger partial charge is 0.273 e. The van der Waals surface area contributed by atoms with Crippen LogP contribution < -0.4 is 5.32 Å². The molecule has 1 rings (SSSR count). The lowest BCUT2D eigenvalue weighted by molar-refractivity contribution is 0.0906. The van der Waals surface area contributed by atoms with Gasteiger partial charge in [-0.05, 0) is 6.42 Å². The number of nitrogens with zero attached hydrogens (tertiary/aromatic N) is 1. The Kier molecular flexibility index (Phi) is 3.45. The van der Waals surface area contributed by atoms with E-state index in [0.717, 1.165) is 0 Å². The van der Waals surface area contributed by atoms with E-state index in [1.54, 1.807) is 0 Å². The van der Waals surface area contributed by atoms with Crippen LogP contribution in [0.3, 0.4) is 0 Å². The molecule has 1 aromatic rings. The van der Waals surface area contributed by atoms with Gasteiger partial charge in [0.2, 0.25) is 0 Å². The standard InChI is InChI=1S/C8H12N2O3/c1-2-6(5-11)9-8(12)7-3-4-13-10-7/h3-4,6,11H,2,5H2,1H3,(H,9,12). The highest BCUT2D eigenvalue weighted by atomic mass is 16.5. The monoisotopic (exact) mass is 184 g/mol. The second kappa shape index (κ2) is 4.61. The molecule has 1 amide bonds. The Morgan fingerprint density at radius 2 is 2.62 bits per heavy atom. The van der Waals surface area contributed by atoms with Crippen molar-refractivity contribution >= 4 is 5.91 Å². The summed E-state index contributed by atoms with van der Waals surface area (Å²) < 4.78 is 4.51. The summed E-state index contributed by atoms with van der Waals surface area (Å²) in [5.74, 6) is -0.324. The summed E-state index contributed by atoms with van der Waals surface area (Å²) in [6.45, 7) is 1.81. The van der Waals surface area contributed by atoms with E-state index in [1.165, 1.54) is 12.3 Å². The Labute approximate surface area is 75.7 Å². The van der Waals surface area contributed by atoms with Crippen molar-refractivity contribution in [2.75, 3.05) is 6.61 Å². The molecule has 0 radical (unpaired) electrons. The molecule has 0 aliphatic carbocycles. The van der Waals surface area contributed by atoms with E-state index in [4.69, 9.17) is 5.11 Å². The highest BCUT2D eigenvalue weighted by Crippen LogP contribution is 1.96. The molecule has 13 heavy (non-hydrogen) atoms. The third-order valence-corrected chi connectivity index (χ3v) is 1.72. The van der Waals surface area contributed by atoms with Crippen molar-refractivity contribution in [3.8, 4) is 0 Å². The molecule has 5 nitrogen and oxygen atoms in total. The van der Waals surface area contributed by atoms with Crippen LogP contribution in [0, 0.1) is 0 Å². The summed E-state index contributed by atoms with van der Waals surface area (Å²) in [5, 5.41) is 14.9. The largest absolute Gasteiger partial charge is 0.394 e. The highest BCUT2D eigenvalue weighted by Gasteiger charge is 2.12. The maximum atomic E-state index is 11.3. The lowest BCUT2D eigenvalue weighted by Crippen LogP contribution is -2.37. The Balaban J connectivity index is 2.50. The van der Waals surface area contributed by atoms with Crippen LogP contribution in [0.15, 0.2) is 16.9 Å². The fraction of sp³-hybridized carbons (Fsp3) is 0.500. The van der Waals surface area contributed by atoms with Gasteiger partial charge in [0.1, 0.15) is 6.26 Å². The first-order valence-corrected chi connectivity index (χ1v) is 4.10. The summed E-state index contributed by atoms with van der Waals surface area (Å²) in [4.78, 5) is 11.3. The predicted octanol–water partition coefficient (Wildman–Crippen LogP) is 0.175. The zero-order valence-electron chi connectivity index (χ0n) is 7.36. The maximum absolute atomic E-state index is 11.3. The maximum Gasteiger partial charge on any atom is 0.273 e. The summed E-state index contributed by atoms with van der Waals surface area (Å²) in [5.41, 5.74) is 0.229. The van der Waals surface area contributed by atoms with E-state index >= 15 is 0 Å². The number of aliphatic hydroxyl groups is 1. The summed E-state index contributed by atoms with van der Waals surface area (Å²) in [6, 6.07) is 1.25. The number of hydrogen-bond donors (Lipinski definition) is 2. The van der Waals surface area contributed by atoms with Crippen LogP contribution in [-0.4, -0.2) is 28.8 Å². The first-order chi connectivity index (χ1) is 6.27. The molecule has 0 bridgehead atoms. The molecule has 0 saturated carbocycles. The first kappa shape index (κ1) is 9.73. The van der Waals surface area contributed by atoms with Crippen LogP contribution in [0.5, 0.6) is 0 Å². The number of rotatable bonds is 4. The van der Waals surface area contributed by atoms with Crippen molar-refractivity contribution in [2.45, 2.75) is 19.4 Å². The summed E-state index contributed by atoms with van der Waals surface area (Å²) >= 11 is 0. The van der Waals surface area contributed by atoms with Gasteiger partial charge in [-0.15, -0.1) is 0 Å². The van der Waals surface area contributed by atoms with Crippen molar-refractivity contribution in [3.63, 3.8) is 0 Å². The number of carbonyl (C=O) groups is 1. The molecule has 1 atom stereocenters. The average molecular weight is 184 g/mol. The van der Waals surface area contributed by atoms with Crippen molar-refractivity contribution in [2.24, 2.45) is 0 Å². The number of aromatic nitrogens is 1. The van der Waals surface area contributed by atoms with Gasteiger partial charge in [-0.1, -0.05) is 12.1 Å². The Morgan fingerprint density at radius 1 is 1.85 bits per heavy atom. The minimum atomic E-state index is -0.324. The van der Waals surface area contributed by atoms with Crippen molar-refractivity contribution in [1.82, 2.24) is 10.5 Å². The summed E-state index contributed by atoms with van der Waals surface area (Å²) in [7, 11) is 0. The molecular formula is C8H12N2O3. The molecule has 0 aromatic carbocycles. The van der Waals surface area contributed by atoms with Crippen molar-refractivity contribution in [1.29, 1.82) is 0 Å². The molecule has 0 aliphatic heterocycles. The Bertz CT molecular complexity index is 254. The molecule has 0 fully saturated rings. The first-order valence-electron chi connectivity index (χ1n) is 4.10. The number of nitrogens with one attached hydrogen (secondary N) is 1. The van der Waals surface area contributed by atoms with E-state index in [0.29, 0.717) is 6.42 Å². The molecule has 2 N–H and O–H groups in total. The lowest BCUT2D eigenvalue weighted by Gasteiger charge is -2.11. The molecule has 1 heterocycles. The predicted molar refractivity (Wildman–Crippen MR) is 45.1 cm³/mol. The zero-order valence-corrected chi connectivity index (χ0v) is 7.36. The van der Waals surface area contributed by atoms with Gasteiger partial charge in [0.25, 0.3) is 5.91 Å². The normalized spacial score (nSPS) is 12.5. The number of carbonyl (C=O) groups excluding carboxylic acids is 1. The van der Waals surface area contributed by atoms with E-state index in [9.17, 15) is 4.79 Å². The molecule has 1 aromatic heterocycles. The van der Waals surface area contributed by atoms with Crippen LogP contribution in [0.2, 0.25) is 0 Å². The number of aliphatic hydroxyl groups excluding tert-OH is 1. The van der Waals surface area contributed by atoms with Crippen molar-refractivity contribution in [3.05, 3.63) is 18.0 Å². The second-order valence-corrected chi connectivity index (χ2v) is 2.65.